The molecule has 1 heterocycles. The van der Waals surface area contributed by atoms with Crippen molar-refractivity contribution < 1.29 is 19.0 Å². The average Bonchev–Trinajstić information content (AvgIpc) is 2.93. The van der Waals surface area contributed by atoms with Gasteiger partial charge in [-0.05, 0) is 44.9 Å². The molecule has 4 nitrogen and oxygen atoms in total. The van der Waals surface area contributed by atoms with Crippen molar-refractivity contribution in [1.82, 2.24) is 0 Å². The van der Waals surface area contributed by atoms with Crippen LogP contribution in [0, 0.1) is 0 Å². The Morgan fingerprint density at radius 1 is 1.24 bits per heavy atom. The summed E-state index contributed by atoms with van der Waals surface area (Å²) in [6, 6.07) is 0. The first-order valence-electron chi connectivity index (χ1n) is 6.75. The van der Waals surface area contributed by atoms with Gasteiger partial charge in [-0.25, -0.2) is 4.79 Å². The van der Waals surface area contributed by atoms with Crippen molar-refractivity contribution in [3.8, 4) is 0 Å². The maximum absolute atomic E-state index is 12.1. The number of rotatable bonds is 5. The van der Waals surface area contributed by atoms with Crippen molar-refractivity contribution in [2.45, 2.75) is 62.8 Å². The van der Waals surface area contributed by atoms with E-state index in [4.69, 9.17) is 14.2 Å². The summed E-state index contributed by atoms with van der Waals surface area (Å²) in [5, 5.41) is 0. The van der Waals surface area contributed by atoms with E-state index in [0.29, 0.717) is 12.7 Å². The van der Waals surface area contributed by atoms with Crippen LogP contribution in [-0.4, -0.2) is 37.0 Å². The molecule has 1 unspecified atom stereocenters. The molecule has 3 aliphatic rings. The van der Waals surface area contributed by atoms with Crippen molar-refractivity contribution in [3.05, 3.63) is 0 Å². The zero-order chi connectivity index (χ0) is 11.7. The summed E-state index contributed by atoms with van der Waals surface area (Å²) in [7, 11) is 0. The molecule has 0 bridgehead atoms. The monoisotopic (exact) mass is 240 g/mol. The second-order valence-electron chi connectivity index (χ2n) is 5.40. The summed E-state index contributed by atoms with van der Waals surface area (Å²) in [4.78, 5) is 12.1. The quantitative estimate of drug-likeness (QED) is 0.687. The van der Waals surface area contributed by atoms with Crippen LogP contribution in [0.3, 0.4) is 0 Å². The van der Waals surface area contributed by atoms with Crippen LogP contribution in [0.2, 0.25) is 0 Å². The topological polar surface area (TPSA) is 44.8 Å². The summed E-state index contributed by atoms with van der Waals surface area (Å²) < 4.78 is 16.7. The van der Waals surface area contributed by atoms with E-state index in [1.807, 2.05) is 0 Å². The molecule has 1 atom stereocenters. The second kappa shape index (κ2) is 4.58. The van der Waals surface area contributed by atoms with E-state index in [2.05, 4.69) is 0 Å². The highest BCUT2D eigenvalue weighted by Crippen LogP contribution is 2.42. The maximum atomic E-state index is 12.1. The van der Waals surface area contributed by atoms with Crippen molar-refractivity contribution in [2.75, 3.05) is 13.2 Å². The first-order valence-corrected chi connectivity index (χ1v) is 6.75. The summed E-state index contributed by atoms with van der Waals surface area (Å²) in [5.74, 6) is -0.161. The fraction of sp³-hybridized carbons (Fsp3) is 0.923. The minimum absolute atomic E-state index is 0.108. The molecule has 3 fully saturated rings. The van der Waals surface area contributed by atoms with Crippen LogP contribution in [0.15, 0.2) is 0 Å². The number of carbonyl (C=O) groups excluding carboxylic acids is 1. The van der Waals surface area contributed by atoms with Crippen LogP contribution in [-0.2, 0) is 19.0 Å². The van der Waals surface area contributed by atoms with E-state index >= 15 is 0 Å². The van der Waals surface area contributed by atoms with Crippen molar-refractivity contribution in [2.24, 2.45) is 0 Å². The normalized spacial score (nSPS) is 30.9. The summed E-state index contributed by atoms with van der Waals surface area (Å²) >= 11 is 0. The molecule has 2 saturated carbocycles. The number of esters is 1. The highest BCUT2D eigenvalue weighted by molar-refractivity contribution is 5.80. The molecular formula is C13H20O4. The van der Waals surface area contributed by atoms with Gasteiger partial charge in [0, 0.05) is 6.61 Å². The third-order valence-electron chi connectivity index (χ3n) is 3.87. The molecule has 4 heteroatoms. The van der Waals surface area contributed by atoms with Crippen molar-refractivity contribution in [3.63, 3.8) is 0 Å². The molecule has 0 aromatic carbocycles. The van der Waals surface area contributed by atoms with Gasteiger partial charge in [0.05, 0.1) is 12.2 Å². The molecule has 1 saturated heterocycles. The van der Waals surface area contributed by atoms with Gasteiger partial charge >= 0.3 is 5.97 Å². The third kappa shape index (κ3) is 2.47. The standard InChI is InChI=1S/C13H20O4/c14-12(16-9-11-3-1-8-15-11)13(6-2-7-13)17-10-4-5-10/h10-11H,1-9H2. The Morgan fingerprint density at radius 3 is 2.59 bits per heavy atom. The highest BCUT2D eigenvalue weighted by Gasteiger charge is 2.50. The Hall–Kier alpha value is -0.610. The lowest BCUT2D eigenvalue weighted by atomic mass is 9.80. The minimum Gasteiger partial charge on any atom is -0.461 e. The highest BCUT2D eigenvalue weighted by atomic mass is 16.6. The Morgan fingerprint density at radius 2 is 2.06 bits per heavy atom. The zero-order valence-corrected chi connectivity index (χ0v) is 10.2. The fourth-order valence-corrected chi connectivity index (χ4v) is 2.45. The second-order valence-corrected chi connectivity index (χ2v) is 5.40. The van der Waals surface area contributed by atoms with E-state index in [-0.39, 0.29) is 12.1 Å². The number of ether oxygens (including phenoxy) is 3. The smallest absolute Gasteiger partial charge is 0.338 e. The van der Waals surface area contributed by atoms with Gasteiger partial charge in [-0.1, -0.05) is 0 Å². The number of hydrogen-bond donors (Lipinski definition) is 0. The summed E-state index contributed by atoms with van der Waals surface area (Å²) in [6.07, 6.45) is 7.42. The van der Waals surface area contributed by atoms with Crippen LogP contribution in [0.4, 0.5) is 0 Å². The average molecular weight is 240 g/mol. The molecule has 17 heavy (non-hydrogen) atoms. The van der Waals surface area contributed by atoms with Gasteiger partial charge in [0.2, 0.25) is 0 Å². The van der Waals surface area contributed by atoms with Gasteiger partial charge in [-0.15, -0.1) is 0 Å². The lowest BCUT2D eigenvalue weighted by molar-refractivity contribution is -0.190. The Bertz CT molecular complexity index is 288. The minimum atomic E-state index is -0.597. The molecule has 0 N–H and O–H groups in total. The molecule has 0 amide bonds. The van der Waals surface area contributed by atoms with E-state index < -0.39 is 5.60 Å². The zero-order valence-electron chi connectivity index (χ0n) is 10.2. The lowest BCUT2D eigenvalue weighted by Crippen LogP contribution is -2.50. The van der Waals surface area contributed by atoms with E-state index in [1.165, 1.54) is 0 Å². The van der Waals surface area contributed by atoms with Gasteiger partial charge in [-0.3, -0.25) is 0 Å². The first-order chi connectivity index (χ1) is 8.28. The van der Waals surface area contributed by atoms with Gasteiger partial charge in [0.1, 0.15) is 6.61 Å². The molecule has 1 aliphatic heterocycles. The summed E-state index contributed by atoms with van der Waals surface area (Å²) in [5.41, 5.74) is -0.597. The molecule has 2 aliphatic carbocycles. The van der Waals surface area contributed by atoms with E-state index in [0.717, 1.165) is 51.6 Å². The molecule has 0 aromatic heterocycles. The Kier molecular flexibility index (Phi) is 3.09. The maximum Gasteiger partial charge on any atom is 0.338 e. The van der Waals surface area contributed by atoms with Crippen LogP contribution >= 0.6 is 0 Å². The molecule has 0 aromatic rings. The Balaban J connectivity index is 1.48. The van der Waals surface area contributed by atoms with Crippen molar-refractivity contribution in [1.29, 1.82) is 0 Å². The van der Waals surface area contributed by atoms with Crippen LogP contribution in [0.5, 0.6) is 0 Å². The molecule has 3 rings (SSSR count). The van der Waals surface area contributed by atoms with Gasteiger partial charge in [0.15, 0.2) is 5.60 Å². The third-order valence-corrected chi connectivity index (χ3v) is 3.87. The van der Waals surface area contributed by atoms with Crippen LogP contribution < -0.4 is 0 Å². The molecule has 0 spiro atoms. The predicted octanol–water partition coefficient (Wildman–Crippen LogP) is 1.81. The Labute approximate surface area is 102 Å². The molecule has 96 valence electrons. The van der Waals surface area contributed by atoms with Crippen LogP contribution in [0.1, 0.15) is 44.9 Å². The first kappa shape index (κ1) is 11.5. The lowest BCUT2D eigenvalue weighted by Gasteiger charge is -2.39. The molecule has 0 radical (unpaired) electrons. The SMILES string of the molecule is O=C(OCC1CCCO1)C1(OC2CC2)CCC1. The molecular weight excluding hydrogens is 220 g/mol. The fourth-order valence-electron chi connectivity index (χ4n) is 2.45. The van der Waals surface area contributed by atoms with Crippen LogP contribution in [0.25, 0.3) is 0 Å². The van der Waals surface area contributed by atoms with Gasteiger partial charge < -0.3 is 14.2 Å². The predicted molar refractivity (Wildman–Crippen MR) is 60.6 cm³/mol. The largest absolute Gasteiger partial charge is 0.461 e. The van der Waals surface area contributed by atoms with Gasteiger partial charge in [0.25, 0.3) is 0 Å². The number of carbonyl (C=O) groups is 1. The van der Waals surface area contributed by atoms with Gasteiger partial charge in [-0.2, -0.15) is 0 Å². The van der Waals surface area contributed by atoms with E-state index in [9.17, 15) is 4.79 Å². The summed E-state index contributed by atoms with van der Waals surface area (Å²) in [6.45, 7) is 1.19. The van der Waals surface area contributed by atoms with Crippen molar-refractivity contribution >= 4 is 5.97 Å². The number of hydrogen-bond acceptors (Lipinski definition) is 4. The van der Waals surface area contributed by atoms with E-state index in [1.54, 1.807) is 0 Å².